The van der Waals surface area contributed by atoms with Crippen molar-refractivity contribution in [2.75, 3.05) is 40.0 Å². The Bertz CT molecular complexity index is 367. The van der Waals surface area contributed by atoms with Crippen LogP contribution in [0.15, 0.2) is 0 Å². The van der Waals surface area contributed by atoms with Crippen LogP contribution in [0.2, 0.25) is 0 Å². The first-order valence-corrected chi connectivity index (χ1v) is 6.87. The average Bonchev–Trinajstić information content (AvgIpc) is 2.40. The summed E-state index contributed by atoms with van der Waals surface area (Å²) in [5, 5.41) is 7.47. The molecule has 128 valence electrons. The Hall–Kier alpha value is -2.03. The van der Waals surface area contributed by atoms with E-state index in [1.165, 1.54) is 7.11 Å². The topological polar surface area (TPSA) is 115 Å². The summed E-state index contributed by atoms with van der Waals surface area (Å²) >= 11 is 0. The first-order chi connectivity index (χ1) is 10.2. The van der Waals surface area contributed by atoms with Crippen molar-refractivity contribution in [2.45, 2.75) is 26.4 Å². The summed E-state index contributed by atoms with van der Waals surface area (Å²) in [5.74, 6) is -0.316. The zero-order valence-electron chi connectivity index (χ0n) is 13.5. The molecule has 0 aliphatic heterocycles. The molecule has 0 aliphatic rings. The lowest BCUT2D eigenvalue weighted by atomic mass is 10.2. The van der Waals surface area contributed by atoms with Crippen LogP contribution in [0.1, 0.15) is 20.8 Å². The van der Waals surface area contributed by atoms with Crippen LogP contribution < -0.4 is 16.0 Å². The van der Waals surface area contributed by atoms with Gasteiger partial charge in [0.25, 0.3) is 0 Å². The number of amides is 3. The molecule has 0 radical (unpaired) electrons. The monoisotopic (exact) mass is 319 g/mol. The largest absolute Gasteiger partial charge is 0.453 e. The van der Waals surface area contributed by atoms with Crippen LogP contribution in [-0.4, -0.2) is 63.7 Å². The van der Waals surface area contributed by atoms with Gasteiger partial charge in [0, 0.05) is 19.6 Å². The van der Waals surface area contributed by atoms with Gasteiger partial charge < -0.3 is 30.2 Å². The molecule has 0 saturated heterocycles. The molecule has 22 heavy (non-hydrogen) atoms. The molecule has 0 fully saturated rings. The van der Waals surface area contributed by atoms with E-state index in [1.807, 2.05) is 0 Å². The van der Waals surface area contributed by atoms with E-state index in [-0.39, 0.29) is 38.8 Å². The summed E-state index contributed by atoms with van der Waals surface area (Å²) in [5.41, 5.74) is -0.553. The van der Waals surface area contributed by atoms with Crippen LogP contribution in [0.5, 0.6) is 0 Å². The van der Waals surface area contributed by atoms with E-state index in [9.17, 15) is 14.4 Å². The van der Waals surface area contributed by atoms with E-state index in [1.54, 1.807) is 20.8 Å². The van der Waals surface area contributed by atoms with Gasteiger partial charge in [0.05, 0.1) is 13.7 Å². The molecular formula is C13H25N3O6. The highest BCUT2D eigenvalue weighted by atomic mass is 16.6. The van der Waals surface area contributed by atoms with Crippen molar-refractivity contribution < 1.29 is 28.6 Å². The lowest BCUT2D eigenvalue weighted by Crippen LogP contribution is -2.37. The molecule has 0 spiro atoms. The molecular weight excluding hydrogens is 294 g/mol. The maximum Gasteiger partial charge on any atom is 0.407 e. The molecule has 0 unspecified atom stereocenters. The third kappa shape index (κ3) is 13.0. The fourth-order valence-electron chi connectivity index (χ4n) is 1.19. The summed E-state index contributed by atoms with van der Waals surface area (Å²) in [4.78, 5) is 33.4. The number of alkyl carbamates (subject to hydrolysis) is 2. The number of carbonyl (C=O) groups is 3. The zero-order valence-corrected chi connectivity index (χ0v) is 13.5. The third-order valence-corrected chi connectivity index (χ3v) is 2.05. The van der Waals surface area contributed by atoms with Crippen molar-refractivity contribution in [3.8, 4) is 0 Å². The second-order valence-electron chi connectivity index (χ2n) is 5.25. The van der Waals surface area contributed by atoms with Crippen molar-refractivity contribution >= 4 is 18.1 Å². The summed E-state index contributed by atoms with van der Waals surface area (Å²) in [6, 6.07) is 0. The van der Waals surface area contributed by atoms with E-state index >= 15 is 0 Å². The molecule has 0 bridgehead atoms. The third-order valence-electron chi connectivity index (χ3n) is 2.05. The fraction of sp³-hybridized carbons (Fsp3) is 0.769. The van der Waals surface area contributed by atoms with Gasteiger partial charge >= 0.3 is 12.2 Å². The van der Waals surface area contributed by atoms with E-state index in [4.69, 9.17) is 9.47 Å². The van der Waals surface area contributed by atoms with Crippen LogP contribution >= 0.6 is 0 Å². The quantitative estimate of drug-likeness (QED) is 0.543. The van der Waals surface area contributed by atoms with E-state index in [0.29, 0.717) is 0 Å². The molecule has 0 aromatic heterocycles. The molecule has 0 rings (SSSR count). The molecule has 0 aliphatic carbocycles. The van der Waals surface area contributed by atoms with E-state index < -0.39 is 17.8 Å². The number of hydrogen-bond acceptors (Lipinski definition) is 6. The second-order valence-corrected chi connectivity index (χ2v) is 5.25. The molecule has 0 saturated carbocycles. The number of methoxy groups -OCH3 is 1. The molecule has 0 aromatic carbocycles. The van der Waals surface area contributed by atoms with E-state index in [0.717, 1.165) is 0 Å². The Morgan fingerprint density at radius 1 is 0.909 bits per heavy atom. The molecule has 0 aromatic rings. The number of ether oxygens (including phenoxy) is 3. The lowest BCUT2D eigenvalue weighted by Gasteiger charge is -2.19. The van der Waals surface area contributed by atoms with Crippen LogP contribution in [0.25, 0.3) is 0 Å². The molecule has 0 heterocycles. The Labute approximate surface area is 130 Å². The summed E-state index contributed by atoms with van der Waals surface area (Å²) in [7, 11) is 1.26. The molecule has 0 atom stereocenters. The zero-order chi connectivity index (χ0) is 17.0. The van der Waals surface area contributed by atoms with Gasteiger partial charge in [-0.05, 0) is 20.8 Å². The van der Waals surface area contributed by atoms with Gasteiger partial charge in [0.1, 0.15) is 12.2 Å². The highest BCUT2D eigenvalue weighted by molar-refractivity contribution is 5.77. The maximum absolute atomic E-state index is 11.3. The smallest absolute Gasteiger partial charge is 0.407 e. The highest BCUT2D eigenvalue weighted by Gasteiger charge is 2.15. The fourth-order valence-corrected chi connectivity index (χ4v) is 1.19. The minimum Gasteiger partial charge on any atom is -0.453 e. The van der Waals surface area contributed by atoms with Crippen molar-refractivity contribution in [3.05, 3.63) is 0 Å². The molecule has 9 nitrogen and oxygen atoms in total. The molecule has 9 heteroatoms. The summed E-state index contributed by atoms with van der Waals surface area (Å²) in [6.07, 6.45) is -1.09. The van der Waals surface area contributed by atoms with Gasteiger partial charge in [-0.15, -0.1) is 0 Å². The lowest BCUT2D eigenvalue weighted by molar-refractivity contribution is -0.125. The van der Waals surface area contributed by atoms with Crippen molar-refractivity contribution in [2.24, 2.45) is 0 Å². The molecule has 3 N–H and O–H groups in total. The molecule has 3 amide bonds. The Morgan fingerprint density at radius 2 is 1.50 bits per heavy atom. The van der Waals surface area contributed by atoms with Crippen molar-refractivity contribution in [1.82, 2.24) is 16.0 Å². The normalized spacial score (nSPS) is 10.5. The number of nitrogens with one attached hydrogen (secondary N) is 3. The predicted octanol–water partition coefficient (Wildman–Crippen LogP) is -0.0001000. The van der Waals surface area contributed by atoms with Crippen LogP contribution in [0.4, 0.5) is 9.59 Å². The minimum atomic E-state index is -0.557. The standard InChI is InChI=1S/C13H25N3O6/c1-13(2,3)22-12(19)16-7-8-21-9-10(17)14-5-6-15-11(18)20-4/h5-9H2,1-4H3,(H,14,17)(H,15,18)(H,16,19). The SMILES string of the molecule is COC(=O)NCCNC(=O)COCCNC(=O)OC(C)(C)C. The van der Waals surface area contributed by atoms with Crippen LogP contribution in [0, 0.1) is 0 Å². The first-order valence-electron chi connectivity index (χ1n) is 6.87. The number of hydrogen-bond donors (Lipinski definition) is 3. The summed E-state index contributed by atoms with van der Waals surface area (Å²) < 4.78 is 14.5. The van der Waals surface area contributed by atoms with Crippen LogP contribution in [0.3, 0.4) is 0 Å². The summed E-state index contributed by atoms with van der Waals surface area (Å²) in [6.45, 7) is 6.13. The van der Waals surface area contributed by atoms with Crippen molar-refractivity contribution in [1.29, 1.82) is 0 Å². The Kier molecular flexibility index (Phi) is 9.68. The number of carbonyl (C=O) groups excluding carboxylic acids is 3. The van der Waals surface area contributed by atoms with Gasteiger partial charge in [-0.25, -0.2) is 9.59 Å². The Morgan fingerprint density at radius 3 is 2.09 bits per heavy atom. The second kappa shape index (κ2) is 10.7. The average molecular weight is 319 g/mol. The van der Waals surface area contributed by atoms with Gasteiger partial charge in [-0.1, -0.05) is 0 Å². The van der Waals surface area contributed by atoms with Crippen LogP contribution in [-0.2, 0) is 19.0 Å². The van der Waals surface area contributed by atoms with Crippen molar-refractivity contribution in [3.63, 3.8) is 0 Å². The maximum atomic E-state index is 11.3. The van der Waals surface area contributed by atoms with Gasteiger partial charge in [-0.2, -0.15) is 0 Å². The minimum absolute atomic E-state index is 0.131. The van der Waals surface area contributed by atoms with Gasteiger partial charge in [0.2, 0.25) is 5.91 Å². The number of rotatable bonds is 8. The van der Waals surface area contributed by atoms with Gasteiger partial charge in [0.15, 0.2) is 0 Å². The highest BCUT2D eigenvalue weighted by Crippen LogP contribution is 2.05. The van der Waals surface area contributed by atoms with Gasteiger partial charge in [-0.3, -0.25) is 4.79 Å². The first kappa shape index (κ1) is 20.0. The Balaban J connectivity index is 3.49. The van der Waals surface area contributed by atoms with E-state index in [2.05, 4.69) is 20.7 Å². The predicted molar refractivity (Wildman–Crippen MR) is 78.5 cm³/mol.